The van der Waals surface area contributed by atoms with E-state index in [-0.39, 0.29) is 35.7 Å². The van der Waals surface area contributed by atoms with Crippen LogP contribution in [0, 0.1) is 29.6 Å². The molecule has 24 heavy (non-hydrogen) atoms. The van der Waals surface area contributed by atoms with Gasteiger partial charge in [-0.15, -0.1) is 0 Å². The summed E-state index contributed by atoms with van der Waals surface area (Å²) in [6, 6.07) is 7.63. The Labute approximate surface area is 141 Å². The number of carbonyl (C=O) groups is 1. The van der Waals surface area contributed by atoms with E-state index in [1.54, 1.807) is 7.11 Å². The molecular formula is C19H23NO4. The first kappa shape index (κ1) is 14.7. The summed E-state index contributed by atoms with van der Waals surface area (Å²) in [5.74, 6) is 1.51. The molecule has 2 bridgehead atoms. The summed E-state index contributed by atoms with van der Waals surface area (Å²) in [4.78, 5) is 15.2. The fraction of sp³-hybridized carbons (Fsp3) is 0.632. The normalized spacial score (nSPS) is 44.9. The van der Waals surface area contributed by atoms with Crippen LogP contribution in [0.5, 0.6) is 5.75 Å². The van der Waals surface area contributed by atoms with Gasteiger partial charge in [0.15, 0.2) is 5.72 Å². The average molecular weight is 329 g/mol. The Balaban J connectivity index is 1.65. The number of hydrogen-bond donors (Lipinski definition) is 1. The number of carbonyl (C=O) groups excluding carboxylic acids is 1. The largest absolute Gasteiger partial charge is 0.497 e. The maximum atomic E-state index is 13.3. The van der Waals surface area contributed by atoms with Crippen LogP contribution in [0.4, 0.5) is 5.69 Å². The molecule has 4 fully saturated rings. The fourth-order valence-electron chi connectivity index (χ4n) is 6.04. The van der Waals surface area contributed by atoms with Gasteiger partial charge in [0.25, 0.3) is 0 Å². The van der Waals surface area contributed by atoms with E-state index in [1.807, 2.05) is 29.2 Å². The molecule has 2 aliphatic carbocycles. The van der Waals surface area contributed by atoms with E-state index in [1.165, 1.54) is 0 Å². The predicted molar refractivity (Wildman–Crippen MR) is 87.5 cm³/mol. The van der Waals surface area contributed by atoms with Crippen molar-refractivity contribution in [2.24, 2.45) is 29.6 Å². The summed E-state index contributed by atoms with van der Waals surface area (Å²) in [5, 5.41) is 10.6. The third-order valence-corrected chi connectivity index (χ3v) is 6.87. The maximum Gasteiger partial charge on any atom is 0.233 e. The first-order chi connectivity index (χ1) is 11.5. The van der Waals surface area contributed by atoms with Crippen molar-refractivity contribution in [3.8, 4) is 5.75 Å². The number of fused-ring (bicyclic) bond motifs is 2. The van der Waals surface area contributed by atoms with Gasteiger partial charge in [0.05, 0.1) is 25.2 Å². The van der Waals surface area contributed by atoms with Crippen LogP contribution in [0.3, 0.4) is 0 Å². The van der Waals surface area contributed by atoms with Crippen LogP contribution in [0.15, 0.2) is 24.3 Å². The first-order valence-corrected chi connectivity index (χ1v) is 8.84. The molecule has 128 valence electrons. The van der Waals surface area contributed by atoms with Gasteiger partial charge in [-0.05, 0) is 42.5 Å². The molecule has 7 unspecified atom stereocenters. The highest BCUT2D eigenvalue weighted by atomic mass is 16.6. The Kier molecular flexibility index (Phi) is 2.78. The van der Waals surface area contributed by atoms with E-state index in [0.29, 0.717) is 5.92 Å². The van der Waals surface area contributed by atoms with Crippen LogP contribution in [0.1, 0.15) is 20.3 Å². The lowest BCUT2D eigenvalue weighted by molar-refractivity contribution is -0.136. The van der Waals surface area contributed by atoms with Crippen LogP contribution in [-0.4, -0.2) is 36.1 Å². The van der Waals surface area contributed by atoms with Crippen LogP contribution in [0.25, 0.3) is 0 Å². The number of benzene rings is 1. The molecule has 7 atom stereocenters. The predicted octanol–water partition coefficient (Wildman–Crippen LogP) is 2.04. The van der Waals surface area contributed by atoms with Crippen molar-refractivity contribution in [2.45, 2.75) is 38.2 Å². The first-order valence-electron chi connectivity index (χ1n) is 8.84. The molecule has 2 saturated heterocycles. The highest BCUT2D eigenvalue weighted by Gasteiger charge is 2.79. The molecule has 1 aromatic carbocycles. The Morgan fingerprint density at radius 1 is 1.29 bits per heavy atom. The number of rotatable bonds is 3. The molecule has 4 aliphatic rings. The van der Waals surface area contributed by atoms with E-state index >= 15 is 0 Å². The Bertz CT molecular complexity index is 702. The van der Waals surface area contributed by atoms with E-state index in [0.717, 1.165) is 17.9 Å². The minimum atomic E-state index is -0.627. The van der Waals surface area contributed by atoms with E-state index in [4.69, 9.17) is 9.47 Å². The van der Waals surface area contributed by atoms with E-state index in [2.05, 4.69) is 13.8 Å². The quantitative estimate of drug-likeness (QED) is 0.922. The van der Waals surface area contributed by atoms with Gasteiger partial charge in [-0.25, -0.2) is 0 Å². The molecule has 1 N–H and O–H groups in total. The van der Waals surface area contributed by atoms with Crippen molar-refractivity contribution in [3.63, 3.8) is 0 Å². The van der Waals surface area contributed by atoms with Gasteiger partial charge in [0, 0.05) is 17.5 Å². The van der Waals surface area contributed by atoms with Crippen molar-refractivity contribution in [1.82, 2.24) is 0 Å². The van der Waals surface area contributed by atoms with Gasteiger partial charge < -0.3 is 14.6 Å². The lowest BCUT2D eigenvalue weighted by atomic mass is 9.74. The minimum absolute atomic E-state index is 0.0568. The van der Waals surface area contributed by atoms with Gasteiger partial charge in [-0.2, -0.15) is 0 Å². The van der Waals surface area contributed by atoms with Crippen molar-refractivity contribution >= 4 is 11.6 Å². The fourth-order valence-corrected chi connectivity index (χ4v) is 6.04. The van der Waals surface area contributed by atoms with Crippen LogP contribution in [-0.2, 0) is 9.53 Å². The summed E-state index contributed by atoms with van der Waals surface area (Å²) in [6.45, 7) is 4.24. The number of aliphatic hydroxyl groups is 1. The zero-order chi connectivity index (χ0) is 16.8. The van der Waals surface area contributed by atoms with Crippen LogP contribution in [0.2, 0.25) is 0 Å². The summed E-state index contributed by atoms with van der Waals surface area (Å²) in [6.07, 6.45) is 0.323. The molecule has 2 saturated carbocycles. The highest BCUT2D eigenvalue weighted by molar-refractivity contribution is 6.00. The van der Waals surface area contributed by atoms with Crippen molar-refractivity contribution in [2.75, 3.05) is 12.0 Å². The second kappa shape index (κ2) is 4.52. The van der Waals surface area contributed by atoms with Gasteiger partial charge in [-0.1, -0.05) is 13.8 Å². The molecule has 2 heterocycles. The third-order valence-electron chi connectivity index (χ3n) is 6.87. The summed E-state index contributed by atoms with van der Waals surface area (Å²) in [7, 11) is 1.63. The number of methoxy groups -OCH3 is 1. The molecular weight excluding hydrogens is 306 g/mol. The zero-order valence-corrected chi connectivity index (χ0v) is 14.2. The number of amides is 1. The standard InChI is InChI=1S/C19H23NO4/c1-9(2)19-15-13-8-12(16(21)17(13)24-19)14(15)18(22)20(19)10-4-6-11(23-3)7-5-10/h4-7,9,12-17,21H,8H2,1-3H3. The van der Waals surface area contributed by atoms with Crippen molar-refractivity contribution in [1.29, 1.82) is 0 Å². The maximum absolute atomic E-state index is 13.3. The Hall–Kier alpha value is -1.59. The minimum Gasteiger partial charge on any atom is -0.497 e. The molecule has 1 amide bonds. The summed E-state index contributed by atoms with van der Waals surface area (Å²) < 4.78 is 11.7. The highest BCUT2D eigenvalue weighted by Crippen LogP contribution is 2.69. The number of nitrogens with zero attached hydrogens (tertiary/aromatic N) is 1. The van der Waals surface area contributed by atoms with Crippen molar-refractivity contribution < 1.29 is 19.4 Å². The number of aliphatic hydroxyl groups excluding tert-OH is 1. The third kappa shape index (κ3) is 1.43. The van der Waals surface area contributed by atoms with Crippen LogP contribution >= 0.6 is 0 Å². The molecule has 5 rings (SSSR count). The van der Waals surface area contributed by atoms with Crippen molar-refractivity contribution in [3.05, 3.63) is 24.3 Å². The molecule has 0 aromatic heterocycles. The number of hydrogen-bond acceptors (Lipinski definition) is 4. The van der Waals surface area contributed by atoms with Gasteiger partial charge in [0.2, 0.25) is 5.91 Å². The van der Waals surface area contributed by atoms with E-state index in [9.17, 15) is 9.90 Å². The molecule has 5 nitrogen and oxygen atoms in total. The Morgan fingerprint density at radius 3 is 2.62 bits per heavy atom. The molecule has 5 heteroatoms. The lowest BCUT2D eigenvalue weighted by Gasteiger charge is -2.42. The molecule has 0 spiro atoms. The van der Waals surface area contributed by atoms with Gasteiger partial charge in [0.1, 0.15) is 5.75 Å². The SMILES string of the molecule is COc1ccc(N2C(=O)C3C4CC5C(OC2(C(C)C)C53)C4O)cc1. The van der Waals surface area contributed by atoms with Crippen LogP contribution < -0.4 is 9.64 Å². The smallest absolute Gasteiger partial charge is 0.233 e. The van der Waals surface area contributed by atoms with Gasteiger partial charge >= 0.3 is 0 Å². The number of anilines is 1. The molecule has 0 radical (unpaired) electrons. The van der Waals surface area contributed by atoms with E-state index < -0.39 is 11.8 Å². The summed E-state index contributed by atoms with van der Waals surface area (Å²) in [5.41, 5.74) is 0.233. The lowest BCUT2D eigenvalue weighted by Crippen LogP contribution is -2.54. The monoisotopic (exact) mass is 329 g/mol. The average Bonchev–Trinajstić information content (AvgIpc) is 3.23. The second-order valence-electron chi connectivity index (χ2n) is 7.97. The molecule has 1 aromatic rings. The topological polar surface area (TPSA) is 59.0 Å². The second-order valence-corrected chi connectivity index (χ2v) is 7.97. The zero-order valence-electron chi connectivity index (χ0n) is 14.2. The number of ether oxygens (including phenoxy) is 2. The van der Waals surface area contributed by atoms with Gasteiger partial charge in [-0.3, -0.25) is 9.69 Å². The molecule has 2 aliphatic heterocycles. The summed E-state index contributed by atoms with van der Waals surface area (Å²) >= 11 is 0. The Morgan fingerprint density at radius 2 is 2.00 bits per heavy atom.